The van der Waals surface area contributed by atoms with Crippen molar-refractivity contribution < 1.29 is 14.3 Å². The summed E-state index contributed by atoms with van der Waals surface area (Å²) >= 11 is 0. The van der Waals surface area contributed by atoms with E-state index in [1.807, 2.05) is 60.4 Å². The number of urea groups is 1. The minimum atomic E-state index is -0.0975. The van der Waals surface area contributed by atoms with Crippen molar-refractivity contribution in [2.45, 2.75) is 32.2 Å². The standard InChI is InChI=1S/C23H29N3O3/c1-3-29-21-11-9-17(10-12-21)15-25-22(27)19-7-4-6-18(14-19)20-8-5-13-26(16-20)23(28)24-2/h4,6-7,9-12,14,20H,3,5,8,13,15-16H2,1-2H3,(H,24,28)(H,25,27)/t20-/m0/s1. The largest absolute Gasteiger partial charge is 0.494 e. The lowest BCUT2D eigenvalue weighted by Gasteiger charge is -2.32. The van der Waals surface area contributed by atoms with E-state index in [1.165, 1.54) is 0 Å². The molecule has 154 valence electrons. The molecule has 1 aliphatic heterocycles. The van der Waals surface area contributed by atoms with E-state index in [0.717, 1.165) is 36.3 Å². The predicted molar refractivity (Wildman–Crippen MR) is 113 cm³/mol. The molecule has 1 heterocycles. The van der Waals surface area contributed by atoms with Crippen molar-refractivity contribution in [1.82, 2.24) is 15.5 Å². The monoisotopic (exact) mass is 395 g/mol. The summed E-state index contributed by atoms with van der Waals surface area (Å²) in [6.45, 7) is 4.50. The lowest BCUT2D eigenvalue weighted by atomic mass is 9.89. The molecule has 3 amide bonds. The fourth-order valence-electron chi connectivity index (χ4n) is 3.68. The molecule has 1 aliphatic rings. The van der Waals surface area contributed by atoms with Crippen molar-refractivity contribution in [3.8, 4) is 5.75 Å². The van der Waals surface area contributed by atoms with Crippen molar-refractivity contribution in [2.24, 2.45) is 0 Å². The van der Waals surface area contributed by atoms with Gasteiger partial charge in [0.1, 0.15) is 5.75 Å². The van der Waals surface area contributed by atoms with Gasteiger partial charge in [-0.3, -0.25) is 4.79 Å². The van der Waals surface area contributed by atoms with E-state index in [0.29, 0.717) is 25.3 Å². The Morgan fingerprint density at radius 1 is 1.17 bits per heavy atom. The Hall–Kier alpha value is -3.02. The zero-order valence-electron chi connectivity index (χ0n) is 17.1. The third kappa shape index (κ3) is 5.50. The van der Waals surface area contributed by atoms with Crippen LogP contribution in [0.4, 0.5) is 4.79 Å². The van der Waals surface area contributed by atoms with Gasteiger partial charge in [0.15, 0.2) is 0 Å². The zero-order valence-corrected chi connectivity index (χ0v) is 17.1. The predicted octanol–water partition coefficient (Wildman–Crippen LogP) is 3.53. The maximum atomic E-state index is 12.6. The molecule has 0 radical (unpaired) electrons. The molecule has 6 nitrogen and oxygen atoms in total. The van der Waals surface area contributed by atoms with Crippen molar-refractivity contribution in [2.75, 3.05) is 26.7 Å². The first-order valence-corrected chi connectivity index (χ1v) is 10.2. The number of ether oxygens (including phenoxy) is 1. The number of likely N-dealkylation sites (tertiary alicyclic amines) is 1. The summed E-state index contributed by atoms with van der Waals surface area (Å²) in [6.07, 6.45) is 1.98. The minimum absolute atomic E-state index is 0.0426. The van der Waals surface area contributed by atoms with Gasteiger partial charge in [-0.05, 0) is 55.2 Å². The Bertz CT molecular complexity index is 836. The number of hydrogen-bond donors (Lipinski definition) is 2. The van der Waals surface area contributed by atoms with Gasteiger partial charge < -0.3 is 20.3 Å². The minimum Gasteiger partial charge on any atom is -0.494 e. The van der Waals surface area contributed by atoms with Gasteiger partial charge in [-0.2, -0.15) is 0 Å². The summed E-state index contributed by atoms with van der Waals surface area (Å²) in [4.78, 5) is 26.4. The van der Waals surface area contributed by atoms with E-state index in [4.69, 9.17) is 4.74 Å². The number of nitrogens with one attached hydrogen (secondary N) is 2. The number of carbonyl (C=O) groups is 2. The number of hydrogen-bond acceptors (Lipinski definition) is 3. The average molecular weight is 396 g/mol. The molecule has 1 saturated heterocycles. The van der Waals surface area contributed by atoms with Gasteiger partial charge in [-0.1, -0.05) is 24.3 Å². The lowest BCUT2D eigenvalue weighted by Crippen LogP contribution is -2.43. The second-order valence-corrected chi connectivity index (χ2v) is 7.23. The van der Waals surface area contributed by atoms with Crippen LogP contribution in [0.25, 0.3) is 0 Å². The van der Waals surface area contributed by atoms with E-state index < -0.39 is 0 Å². The normalized spacial score (nSPS) is 16.2. The molecule has 0 unspecified atom stereocenters. The van der Waals surface area contributed by atoms with Crippen LogP contribution in [0.5, 0.6) is 5.75 Å². The van der Waals surface area contributed by atoms with Gasteiger partial charge >= 0.3 is 6.03 Å². The van der Waals surface area contributed by atoms with E-state index >= 15 is 0 Å². The maximum Gasteiger partial charge on any atom is 0.317 e. The molecule has 0 bridgehead atoms. The van der Waals surface area contributed by atoms with Crippen molar-refractivity contribution >= 4 is 11.9 Å². The van der Waals surface area contributed by atoms with Crippen molar-refractivity contribution in [3.63, 3.8) is 0 Å². The van der Waals surface area contributed by atoms with Crippen LogP contribution < -0.4 is 15.4 Å². The fourth-order valence-corrected chi connectivity index (χ4v) is 3.68. The first-order chi connectivity index (χ1) is 14.1. The molecule has 2 N–H and O–H groups in total. The summed E-state index contributed by atoms with van der Waals surface area (Å²) in [7, 11) is 1.65. The Kier molecular flexibility index (Phi) is 7.11. The second-order valence-electron chi connectivity index (χ2n) is 7.23. The van der Waals surface area contributed by atoms with Gasteiger partial charge in [-0.25, -0.2) is 4.79 Å². The lowest BCUT2D eigenvalue weighted by molar-refractivity contribution is 0.0950. The van der Waals surface area contributed by atoms with Crippen molar-refractivity contribution in [1.29, 1.82) is 0 Å². The van der Waals surface area contributed by atoms with Gasteiger partial charge in [0.05, 0.1) is 6.61 Å². The number of benzene rings is 2. The molecule has 29 heavy (non-hydrogen) atoms. The number of amides is 3. The molecule has 3 rings (SSSR count). The van der Waals surface area contributed by atoms with Crippen LogP contribution in [0.15, 0.2) is 48.5 Å². The summed E-state index contributed by atoms with van der Waals surface area (Å²) < 4.78 is 5.44. The van der Waals surface area contributed by atoms with E-state index in [-0.39, 0.29) is 17.9 Å². The van der Waals surface area contributed by atoms with Crippen LogP contribution >= 0.6 is 0 Å². The SMILES string of the molecule is CCOc1ccc(CNC(=O)c2cccc([C@H]3CCCN(C(=O)NC)C3)c2)cc1. The smallest absolute Gasteiger partial charge is 0.317 e. The topological polar surface area (TPSA) is 70.7 Å². The molecule has 1 fully saturated rings. The van der Waals surface area contributed by atoms with Gasteiger partial charge in [0.25, 0.3) is 5.91 Å². The first-order valence-electron chi connectivity index (χ1n) is 10.2. The van der Waals surface area contributed by atoms with Gasteiger partial charge in [0.2, 0.25) is 0 Å². The molecule has 0 aliphatic carbocycles. The maximum absolute atomic E-state index is 12.6. The third-order valence-corrected chi connectivity index (χ3v) is 5.23. The Balaban J connectivity index is 1.61. The van der Waals surface area contributed by atoms with Crippen LogP contribution in [0, 0.1) is 0 Å². The Morgan fingerprint density at radius 3 is 2.69 bits per heavy atom. The number of carbonyl (C=O) groups excluding carboxylic acids is 2. The van der Waals surface area contributed by atoms with Gasteiger partial charge in [-0.15, -0.1) is 0 Å². The van der Waals surface area contributed by atoms with E-state index in [9.17, 15) is 9.59 Å². The van der Waals surface area contributed by atoms with E-state index in [1.54, 1.807) is 7.05 Å². The molecule has 1 atom stereocenters. The number of piperidine rings is 1. The van der Waals surface area contributed by atoms with Crippen LogP contribution in [0.2, 0.25) is 0 Å². The highest BCUT2D eigenvalue weighted by atomic mass is 16.5. The molecule has 2 aromatic rings. The summed E-state index contributed by atoms with van der Waals surface area (Å²) in [5, 5.41) is 5.67. The zero-order chi connectivity index (χ0) is 20.6. The average Bonchev–Trinajstić information content (AvgIpc) is 2.78. The molecular weight excluding hydrogens is 366 g/mol. The summed E-state index contributed by atoms with van der Waals surface area (Å²) in [5.41, 5.74) is 2.77. The summed E-state index contributed by atoms with van der Waals surface area (Å²) in [5.74, 6) is 0.980. The molecule has 0 aromatic heterocycles. The molecule has 6 heteroatoms. The highest BCUT2D eigenvalue weighted by molar-refractivity contribution is 5.94. The summed E-state index contributed by atoms with van der Waals surface area (Å²) in [6, 6.07) is 15.4. The Labute approximate surface area is 172 Å². The molecule has 0 saturated carbocycles. The molecule has 2 aromatic carbocycles. The quantitative estimate of drug-likeness (QED) is 0.786. The number of rotatable bonds is 6. The first kappa shape index (κ1) is 20.7. The second kappa shape index (κ2) is 9.96. The van der Waals surface area contributed by atoms with Crippen molar-refractivity contribution in [3.05, 3.63) is 65.2 Å². The third-order valence-electron chi connectivity index (χ3n) is 5.23. The highest BCUT2D eigenvalue weighted by Crippen LogP contribution is 2.27. The van der Waals surface area contributed by atoms with E-state index in [2.05, 4.69) is 10.6 Å². The molecular formula is C23H29N3O3. The Morgan fingerprint density at radius 2 is 1.97 bits per heavy atom. The van der Waals surface area contributed by atoms with Crippen LogP contribution in [-0.2, 0) is 6.54 Å². The fraction of sp³-hybridized carbons (Fsp3) is 0.391. The highest BCUT2D eigenvalue weighted by Gasteiger charge is 2.24. The van der Waals surface area contributed by atoms with Crippen LogP contribution in [0.3, 0.4) is 0 Å². The van der Waals surface area contributed by atoms with Gasteiger partial charge in [0, 0.05) is 38.2 Å². The van der Waals surface area contributed by atoms with Crippen LogP contribution in [-0.4, -0.2) is 43.6 Å². The molecule has 0 spiro atoms. The van der Waals surface area contributed by atoms with Crippen LogP contribution in [0.1, 0.15) is 47.2 Å². The number of nitrogens with zero attached hydrogens (tertiary/aromatic N) is 1.